The average molecular weight is 380 g/mol. The van der Waals surface area contributed by atoms with Crippen LogP contribution in [0.2, 0.25) is 0 Å². The number of carbonyl (C=O) groups excluding carboxylic acids is 1. The van der Waals surface area contributed by atoms with E-state index in [-0.39, 0.29) is 5.56 Å². The molecule has 0 saturated carbocycles. The summed E-state index contributed by atoms with van der Waals surface area (Å²) in [6.45, 7) is 1.87. The standard InChI is InChI=1S/C14H10BrN3O5/c1-8-2-3-10(6-13(8)15)16-14(19)9-4-11(17(20)21)7-12(5-9)18(22)23/h2-7H,1H3,(H,16,19). The molecule has 0 heterocycles. The van der Waals surface area contributed by atoms with E-state index in [1.165, 1.54) is 0 Å². The van der Waals surface area contributed by atoms with Crippen molar-refractivity contribution in [2.45, 2.75) is 6.92 Å². The van der Waals surface area contributed by atoms with Gasteiger partial charge in [0.15, 0.2) is 0 Å². The van der Waals surface area contributed by atoms with Gasteiger partial charge in [0.05, 0.1) is 21.5 Å². The lowest BCUT2D eigenvalue weighted by atomic mass is 10.1. The maximum Gasteiger partial charge on any atom is 0.277 e. The van der Waals surface area contributed by atoms with E-state index in [2.05, 4.69) is 21.2 Å². The fourth-order valence-electron chi connectivity index (χ4n) is 1.81. The largest absolute Gasteiger partial charge is 0.322 e. The molecule has 9 heteroatoms. The van der Waals surface area contributed by atoms with E-state index in [4.69, 9.17) is 0 Å². The Bertz CT molecular complexity index is 790. The minimum absolute atomic E-state index is 0.164. The van der Waals surface area contributed by atoms with Crippen molar-refractivity contribution in [2.75, 3.05) is 5.32 Å². The third-order valence-corrected chi connectivity index (χ3v) is 3.87. The quantitative estimate of drug-likeness (QED) is 0.639. The molecule has 0 radical (unpaired) electrons. The number of aryl methyl sites for hydroxylation is 1. The first kappa shape index (κ1) is 16.6. The summed E-state index contributed by atoms with van der Waals surface area (Å²) < 4.78 is 0.778. The number of non-ortho nitro benzene ring substituents is 2. The number of nitro benzene ring substituents is 2. The lowest BCUT2D eigenvalue weighted by Crippen LogP contribution is -2.12. The van der Waals surface area contributed by atoms with Crippen LogP contribution >= 0.6 is 15.9 Å². The summed E-state index contributed by atoms with van der Waals surface area (Å²) in [7, 11) is 0. The van der Waals surface area contributed by atoms with Gasteiger partial charge in [-0.3, -0.25) is 25.0 Å². The minimum atomic E-state index is -0.785. The Kier molecular flexibility index (Phi) is 4.70. The van der Waals surface area contributed by atoms with Crippen molar-refractivity contribution >= 4 is 38.9 Å². The molecule has 0 fully saturated rings. The molecule has 1 N–H and O–H groups in total. The summed E-state index contributed by atoms with van der Waals surface area (Å²) in [6, 6.07) is 7.88. The second-order valence-corrected chi connectivity index (χ2v) is 5.52. The summed E-state index contributed by atoms with van der Waals surface area (Å²) in [5.74, 6) is -0.674. The van der Waals surface area contributed by atoms with Gasteiger partial charge in [-0.05, 0) is 24.6 Å². The Balaban J connectivity index is 2.36. The summed E-state index contributed by atoms with van der Waals surface area (Å²) in [5, 5.41) is 24.2. The molecule has 0 atom stereocenters. The maximum absolute atomic E-state index is 12.2. The number of carbonyl (C=O) groups is 1. The molecule has 2 rings (SSSR count). The van der Waals surface area contributed by atoms with E-state index in [9.17, 15) is 25.0 Å². The van der Waals surface area contributed by atoms with Crippen LogP contribution in [-0.4, -0.2) is 15.8 Å². The number of benzene rings is 2. The number of anilines is 1. The Labute approximate surface area is 138 Å². The number of nitrogens with one attached hydrogen (secondary N) is 1. The van der Waals surface area contributed by atoms with Crippen LogP contribution in [0, 0.1) is 27.2 Å². The first-order chi connectivity index (χ1) is 10.8. The molecule has 0 saturated heterocycles. The fraction of sp³-hybridized carbons (Fsp3) is 0.0714. The molecule has 1 amide bonds. The second kappa shape index (κ2) is 6.53. The summed E-state index contributed by atoms with van der Waals surface area (Å²) in [5.41, 5.74) is 0.224. The highest BCUT2D eigenvalue weighted by Gasteiger charge is 2.20. The zero-order valence-electron chi connectivity index (χ0n) is 11.8. The van der Waals surface area contributed by atoms with Gasteiger partial charge in [0.25, 0.3) is 17.3 Å². The van der Waals surface area contributed by atoms with Crippen LogP contribution in [0.4, 0.5) is 17.1 Å². The van der Waals surface area contributed by atoms with Crippen molar-refractivity contribution in [1.29, 1.82) is 0 Å². The number of nitro groups is 2. The maximum atomic E-state index is 12.2. The molecule has 0 aliphatic carbocycles. The molecule has 8 nitrogen and oxygen atoms in total. The number of amides is 1. The molecule has 0 aliphatic rings. The van der Waals surface area contributed by atoms with E-state index in [1.54, 1.807) is 18.2 Å². The van der Waals surface area contributed by atoms with Gasteiger partial charge in [0.1, 0.15) is 0 Å². The molecular weight excluding hydrogens is 370 g/mol. The van der Waals surface area contributed by atoms with Gasteiger partial charge in [-0.15, -0.1) is 0 Å². The van der Waals surface area contributed by atoms with Gasteiger partial charge in [-0.25, -0.2) is 0 Å². The summed E-state index contributed by atoms with van der Waals surface area (Å²) in [4.78, 5) is 32.3. The van der Waals surface area contributed by atoms with Crippen LogP contribution < -0.4 is 5.32 Å². The minimum Gasteiger partial charge on any atom is -0.322 e. The highest BCUT2D eigenvalue weighted by molar-refractivity contribution is 9.10. The molecule has 118 valence electrons. The highest BCUT2D eigenvalue weighted by atomic mass is 79.9. The lowest BCUT2D eigenvalue weighted by Gasteiger charge is -2.07. The molecule has 0 aliphatic heterocycles. The molecule has 23 heavy (non-hydrogen) atoms. The molecule has 0 spiro atoms. The molecular formula is C14H10BrN3O5. The monoisotopic (exact) mass is 379 g/mol. The van der Waals surface area contributed by atoms with E-state index in [0.29, 0.717) is 5.69 Å². The number of rotatable bonds is 4. The van der Waals surface area contributed by atoms with Crippen molar-refractivity contribution in [3.63, 3.8) is 0 Å². The lowest BCUT2D eigenvalue weighted by molar-refractivity contribution is -0.394. The Morgan fingerprint density at radius 3 is 2.09 bits per heavy atom. The Hall–Kier alpha value is -2.81. The smallest absolute Gasteiger partial charge is 0.277 e. The van der Waals surface area contributed by atoms with Crippen LogP contribution in [-0.2, 0) is 0 Å². The van der Waals surface area contributed by atoms with Gasteiger partial charge >= 0.3 is 0 Å². The first-order valence-corrected chi connectivity index (χ1v) is 7.08. The Morgan fingerprint density at radius 2 is 1.61 bits per heavy atom. The van der Waals surface area contributed by atoms with Crippen LogP contribution in [0.15, 0.2) is 40.9 Å². The highest BCUT2D eigenvalue weighted by Crippen LogP contribution is 2.25. The number of hydrogen-bond donors (Lipinski definition) is 1. The number of hydrogen-bond acceptors (Lipinski definition) is 5. The van der Waals surface area contributed by atoms with Crippen molar-refractivity contribution in [3.8, 4) is 0 Å². The zero-order valence-corrected chi connectivity index (χ0v) is 13.4. The zero-order chi connectivity index (χ0) is 17.1. The van der Waals surface area contributed by atoms with E-state index in [0.717, 1.165) is 28.2 Å². The van der Waals surface area contributed by atoms with Gasteiger partial charge in [0.2, 0.25) is 0 Å². The summed E-state index contributed by atoms with van der Waals surface area (Å²) in [6.07, 6.45) is 0. The Morgan fingerprint density at radius 1 is 1.04 bits per heavy atom. The van der Waals surface area contributed by atoms with Crippen LogP contribution in [0.3, 0.4) is 0 Å². The molecule has 2 aromatic carbocycles. The van der Waals surface area contributed by atoms with E-state index in [1.807, 2.05) is 6.92 Å². The van der Waals surface area contributed by atoms with E-state index < -0.39 is 27.1 Å². The van der Waals surface area contributed by atoms with Crippen LogP contribution in [0.5, 0.6) is 0 Å². The van der Waals surface area contributed by atoms with Crippen molar-refractivity contribution < 1.29 is 14.6 Å². The van der Waals surface area contributed by atoms with Gasteiger partial charge < -0.3 is 5.32 Å². The van der Waals surface area contributed by atoms with Gasteiger partial charge in [-0.2, -0.15) is 0 Å². The second-order valence-electron chi connectivity index (χ2n) is 4.67. The predicted molar refractivity (Wildman–Crippen MR) is 86.6 cm³/mol. The average Bonchev–Trinajstić information content (AvgIpc) is 2.50. The van der Waals surface area contributed by atoms with Crippen LogP contribution in [0.1, 0.15) is 15.9 Å². The van der Waals surface area contributed by atoms with Crippen molar-refractivity contribution in [1.82, 2.24) is 0 Å². The number of halogens is 1. The topological polar surface area (TPSA) is 115 Å². The SMILES string of the molecule is Cc1ccc(NC(=O)c2cc([N+](=O)[O-])cc([N+](=O)[O-])c2)cc1Br. The molecule has 0 aromatic heterocycles. The molecule has 2 aromatic rings. The predicted octanol–water partition coefficient (Wildman–Crippen LogP) is 3.83. The van der Waals surface area contributed by atoms with Crippen LogP contribution in [0.25, 0.3) is 0 Å². The molecule has 0 bridgehead atoms. The van der Waals surface area contributed by atoms with Crippen molar-refractivity contribution in [3.05, 3.63) is 72.2 Å². The first-order valence-electron chi connectivity index (χ1n) is 6.29. The third kappa shape index (κ3) is 3.89. The van der Waals surface area contributed by atoms with Gasteiger partial charge in [0, 0.05) is 22.3 Å². The van der Waals surface area contributed by atoms with E-state index >= 15 is 0 Å². The number of nitrogens with zero attached hydrogens (tertiary/aromatic N) is 2. The van der Waals surface area contributed by atoms with Gasteiger partial charge in [-0.1, -0.05) is 22.0 Å². The molecule has 0 unspecified atom stereocenters. The summed E-state index contributed by atoms with van der Waals surface area (Å²) >= 11 is 3.32. The third-order valence-electron chi connectivity index (χ3n) is 3.02. The normalized spacial score (nSPS) is 10.2. The fourth-order valence-corrected chi connectivity index (χ4v) is 2.19. The van der Waals surface area contributed by atoms with Crippen molar-refractivity contribution in [2.24, 2.45) is 0 Å².